The van der Waals surface area contributed by atoms with Gasteiger partial charge in [-0.15, -0.1) is 0 Å². The van der Waals surface area contributed by atoms with E-state index in [1.54, 1.807) is 0 Å². The van der Waals surface area contributed by atoms with E-state index in [0.29, 0.717) is 6.54 Å². The van der Waals surface area contributed by atoms with Gasteiger partial charge in [-0.2, -0.15) is 0 Å². The van der Waals surface area contributed by atoms with Gasteiger partial charge in [0.05, 0.1) is 10.7 Å². The van der Waals surface area contributed by atoms with Crippen LogP contribution in [0.2, 0.25) is 5.02 Å². The second-order valence-corrected chi connectivity index (χ2v) is 5.71. The minimum atomic E-state index is 0.591. The van der Waals surface area contributed by atoms with Gasteiger partial charge in [0.2, 0.25) is 0 Å². The summed E-state index contributed by atoms with van der Waals surface area (Å²) in [5.41, 5.74) is 9.30. The lowest BCUT2D eigenvalue weighted by Crippen LogP contribution is -2.46. The van der Waals surface area contributed by atoms with Crippen LogP contribution < -0.4 is 15.5 Å². The van der Waals surface area contributed by atoms with Crippen molar-refractivity contribution in [3.63, 3.8) is 0 Å². The summed E-state index contributed by atoms with van der Waals surface area (Å²) in [6.07, 6.45) is 0. The van der Waals surface area contributed by atoms with Gasteiger partial charge in [-0.1, -0.05) is 35.9 Å². The Morgan fingerprint density at radius 2 is 1.62 bits per heavy atom. The molecule has 4 heteroatoms. The summed E-state index contributed by atoms with van der Waals surface area (Å²) in [5, 5.41) is 0.830. The molecule has 0 atom stereocenters. The lowest BCUT2D eigenvalue weighted by atomic mass is 10.1. The van der Waals surface area contributed by atoms with Crippen LogP contribution in [0.1, 0.15) is 5.56 Å². The quantitative estimate of drug-likeness (QED) is 0.945. The average molecular weight is 302 g/mol. The summed E-state index contributed by atoms with van der Waals surface area (Å²) in [7, 11) is 0. The fourth-order valence-electron chi connectivity index (χ4n) is 2.79. The Balaban J connectivity index is 1.69. The van der Waals surface area contributed by atoms with Gasteiger partial charge in [0.15, 0.2) is 0 Å². The number of rotatable bonds is 3. The Morgan fingerprint density at radius 1 is 0.905 bits per heavy atom. The first kappa shape index (κ1) is 14.2. The molecule has 1 heterocycles. The van der Waals surface area contributed by atoms with Crippen LogP contribution in [-0.4, -0.2) is 26.2 Å². The third-order valence-electron chi connectivity index (χ3n) is 3.98. The van der Waals surface area contributed by atoms with Crippen LogP contribution in [-0.2, 0) is 6.54 Å². The highest BCUT2D eigenvalue weighted by Gasteiger charge is 2.18. The molecule has 0 saturated carbocycles. The third kappa shape index (κ3) is 3.14. The molecule has 2 N–H and O–H groups in total. The number of hydrogen-bond donors (Lipinski definition) is 1. The zero-order chi connectivity index (χ0) is 14.7. The zero-order valence-electron chi connectivity index (χ0n) is 12.0. The summed E-state index contributed by atoms with van der Waals surface area (Å²) >= 11 is 6.28. The molecule has 0 spiro atoms. The Morgan fingerprint density at radius 3 is 2.33 bits per heavy atom. The third-order valence-corrected chi connectivity index (χ3v) is 4.30. The first-order chi connectivity index (χ1) is 10.3. The van der Waals surface area contributed by atoms with E-state index < -0.39 is 0 Å². The number of nitrogens with zero attached hydrogens (tertiary/aromatic N) is 2. The molecule has 2 aromatic carbocycles. The van der Waals surface area contributed by atoms with Crippen molar-refractivity contribution in [3.05, 3.63) is 59.1 Å². The van der Waals surface area contributed by atoms with E-state index in [4.69, 9.17) is 17.3 Å². The van der Waals surface area contributed by atoms with Crippen molar-refractivity contribution in [2.45, 2.75) is 6.54 Å². The maximum atomic E-state index is 6.28. The molecule has 1 aliphatic heterocycles. The maximum absolute atomic E-state index is 6.28. The Kier molecular flexibility index (Phi) is 4.32. The van der Waals surface area contributed by atoms with Gasteiger partial charge in [0.1, 0.15) is 0 Å². The topological polar surface area (TPSA) is 32.5 Å². The Hall–Kier alpha value is -1.71. The summed E-state index contributed by atoms with van der Waals surface area (Å²) in [5.74, 6) is 0. The average Bonchev–Trinajstić information content (AvgIpc) is 2.56. The lowest BCUT2D eigenvalue weighted by Gasteiger charge is -2.37. The van der Waals surface area contributed by atoms with E-state index >= 15 is 0 Å². The Labute approximate surface area is 130 Å². The fraction of sp³-hybridized carbons (Fsp3) is 0.294. The van der Waals surface area contributed by atoms with Crippen LogP contribution in [0.5, 0.6) is 0 Å². The predicted octanol–water partition coefficient (Wildman–Crippen LogP) is 3.13. The smallest absolute Gasteiger partial charge is 0.0639 e. The normalized spacial score (nSPS) is 15.3. The van der Waals surface area contributed by atoms with E-state index in [1.165, 1.54) is 11.3 Å². The van der Waals surface area contributed by atoms with E-state index in [-0.39, 0.29) is 0 Å². The van der Waals surface area contributed by atoms with Gasteiger partial charge in [0.25, 0.3) is 0 Å². The van der Waals surface area contributed by atoms with Gasteiger partial charge in [-0.3, -0.25) is 0 Å². The number of halogens is 1. The highest BCUT2D eigenvalue weighted by Crippen LogP contribution is 2.27. The molecule has 0 amide bonds. The summed E-state index contributed by atoms with van der Waals surface area (Å²) < 4.78 is 0. The van der Waals surface area contributed by atoms with Crippen LogP contribution in [0.4, 0.5) is 11.4 Å². The van der Waals surface area contributed by atoms with E-state index in [2.05, 4.69) is 40.1 Å². The molecule has 0 aromatic heterocycles. The lowest BCUT2D eigenvalue weighted by molar-refractivity contribution is 0.653. The minimum Gasteiger partial charge on any atom is -0.368 e. The number of nitrogens with two attached hydrogens (primary N) is 1. The predicted molar refractivity (Wildman–Crippen MR) is 90.2 cm³/mol. The number of anilines is 2. The molecule has 0 aliphatic carbocycles. The number of piperazine rings is 1. The van der Waals surface area contributed by atoms with Crippen molar-refractivity contribution < 1.29 is 0 Å². The van der Waals surface area contributed by atoms with Crippen LogP contribution in [0, 0.1) is 0 Å². The second-order valence-electron chi connectivity index (χ2n) is 5.30. The van der Waals surface area contributed by atoms with Gasteiger partial charge >= 0.3 is 0 Å². The van der Waals surface area contributed by atoms with Crippen molar-refractivity contribution in [1.29, 1.82) is 0 Å². The van der Waals surface area contributed by atoms with Crippen molar-refractivity contribution in [1.82, 2.24) is 0 Å². The van der Waals surface area contributed by atoms with Crippen molar-refractivity contribution in [3.8, 4) is 0 Å². The maximum Gasteiger partial charge on any atom is 0.0639 e. The monoisotopic (exact) mass is 301 g/mol. The van der Waals surface area contributed by atoms with Crippen LogP contribution >= 0.6 is 11.6 Å². The standard InChI is InChI=1S/C17H20ClN3/c18-16-6-1-2-7-17(16)21-10-8-20(9-11-21)15-5-3-4-14(12-15)13-19/h1-7,12H,8-11,13,19H2. The molecular weight excluding hydrogens is 282 g/mol. The molecule has 0 radical (unpaired) electrons. The number of para-hydroxylation sites is 1. The van der Waals surface area contributed by atoms with Gasteiger partial charge in [-0.05, 0) is 29.8 Å². The fourth-order valence-corrected chi connectivity index (χ4v) is 3.05. The Bertz CT molecular complexity index is 606. The van der Waals surface area contributed by atoms with E-state index in [9.17, 15) is 0 Å². The SMILES string of the molecule is NCc1cccc(N2CCN(c3ccccc3Cl)CC2)c1. The molecule has 0 unspecified atom stereocenters. The van der Waals surface area contributed by atoms with Crippen LogP contribution in [0.15, 0.2) is 48.5 Å². The van der Waals surface area contributed by atoms with Crippen LogP contribution in [0.3, 0.4) is 0 Å². The summed E-state index contributed by atoms with van der Waals surface area (Å²) in [6, 6.07) is 16.6. The molecule has 21 heavy (non-hydrogen) atoms. The van der Waals surface area contributed by atoms with E-state index in [1.807, 2.05) is 18.2 Å². The van der Waals surface area contributed by atoms with Crippen molar-refractivity contribution in [2.75, 3.05) is 36.0 Å². The number of hydrogen-bond acceptors (Lipinski definition) is 3. The first-order valence-corrected chi connectivity index (χ1v) is 7.69. The van der Waals surface area contributed by atoms with Gasteiger partial charge < -0.3 is 15.5 Å². The van der Waals surface area contributed by atoms with Crippen molar-refractivity contribution >= 4 is 23.0 Å². The summed E-state index contributed by atoms with van der Waals surface area (Å²) in [6.45, 7) is 4.55. The molecule has 1 aliphatic rings. The second kappa shape index (κ2) is 6.37. The highest BCUT2D eigenvalue weighted by molar-refractivity contribution is 6.33. The molecule has 1 saturated heterocycles. The minimum absolute atomic E-state index is 0.591. The molecule has 2 aromatic rings. The largest absolute Gasteiger partial charge is 0.368 e. The van der Waals surface area contributed by atoms with Gasteiger partial charge in [0, 0.05) is 38.4 Å². The first-order valence-electron chi connectivity index (χ1n) is 7.31. The molecule has 110 valence electrons. The van der Waals surface area contributed by atoms with Gasteiger partial charge in [-0.25, -0.2) is 0 Å². The zero-order valence-corrected chi connectivity index (χ0v) is 12.8. The molecule has 0 bridgehead atoms. The summed E-state index contributed by atoms with van der Waals surface area (Å²) in [4.78, 5) is 4.76. The molecule has 1 fully saturated rings. The van der Waals surface area contributed by atoms with Crippen molar-refractivity contribution in [2.24, 2.45) is 5.73 Å². The van der Waals surface area contributed by atoms with E-state index in [0.717, 1.165) is 36.9 Å². The highest BCUT2D eigenvalue weighted by atomic mass is 35.5. The molecule has 3 nitrogen and oxygen atoms in total. The number of benzene rings is 2. The molecule has 3 rings (SSSR count). The van der Waals surface area contributed by atoms with Crippen LogP contribution in [0.25, 0.3) is 0 Å². The molecular formula is C17H20ClN3.